The van der Waals surface area contributed by atoms with E-state index < -0.39 is 0 Å². The van der Waals surface area contributed by atoms with Crippen molar-refractivity contribution in [2.24, 2.45) is 0 Å². The quantitative estimate of drug-likeness (QED) is 0.510. The molecule has 0 fully saturated rings. The lowest BCUT2D eigenvalue weighted by molar-refractivity contribution is 0.368. The number of halogens is 2. The number of aryl methyl sites for hydroxylation is 2. The molecule has 0 unspecified atom stereocenters. The Morgan fingerprint density at radius 2 is 1.86 bits per heavy atom. The largest absolute Gasteiger partial charge is 0.339 e. The summed E-state index contributed by atoms with van der Waals surface area (Å²) in [5.74, 6) is 0.390. The van der Waals surface area contributed by atoms with Crippen molar-refractivity contribution < 1.29 is 8.91 Å². The van der Waals surface area contributed by atoms with Crippen LogP contribution < -0.4 is 5.56 Å². The summed E-state index contributed by atoms with van der Waals surface area (Å²) in [6.45, 7) is 0.276. The molecule has 0 aliphatic carbocycles. The predicted octanol–water partition coefficient (Wildman–Crippen LogP) is 4.00. The molecule has 0 radical (unpaired) electrons. The van der Waals surface area contributed by atoms with Crippen molar-refractivity contribution in [3.05, 3.63) is 87.7 Å². The van der Waals surface area contributed by atoms with Crippen LogP contribution in [-0.4, -0.2) is 19.9 Å². The van der Waals surface area contributed by atoms with Gasteiger partial charge in [0.05, 0.1) is 12.2 Å². The van der Waals surface area contributed by atoms with E-state index in [1.54, 1.807) is 30.3 Å². The maximum atomic E-state index is 13.0. The minimum absolute atomic E-state index is 0.232. The van der Waals surface area contributed by atoms with Gasteiger partial charge in [0.15, 0.2) is 0 Å². The average molecular weight is 397 g/mol. The molecule has 0 saturated heterocycles. The van der Waals surface area contributed by atoms with Gasteiger partial charge in [0.1, 0.15) is 5.82 Å². The second kappa shape index (κ2) is 7.74. The normalized spacial score (nSPS) is 10.9. The van der Waals surface area contributed by atoms with Crippen molar-refractivity contribution in [1.29, 1.82) is 0 Å². The molecule has 0 spiro atoms. The summed E-state index contributed by atoms with van der Waals surface area (Å²) >= 11 is 6.02. The Hall–Kier alpha value is -3.32. The van der Waals surface area contributed by atoms with Crippen LogP contribution in [0.25, 0.3) is 22.6 Å². The van der Waals surface area contributed by atoms with Gasteiger partial charge in [-0.15, -0.1) is 0 Å². The summed E-state index contributed by atoms with van der Waals surface area (Å²) in [5, 5.41) is 8.88. The van der Waals surface area contributed by atoms with E-state index in [4.69, 9.17) is 16.1 Å². The Labute approximate surface area is 164 Å². The van der Waals surface area contributed by atoms with E-state index in [1.807, 2.05) is 12.1 Å². The molecule has 28 heavy (non-hydrogen) atoms. The molecule has 0 aliphatic heterocycles. The fraction of sp³-hybridized carbons (Fsp3) is 0.100. The molecule has 8 heteroatoms. The second-order valence-corrected chi connectivity index (χ2v) is 6.50. The Balaban J connectivity index is 1.51. The zero-order chi connectivity index (χ0) is 19.5. The van der Waals surface area contributed by atoms with Crippen LogP contribution in [0.1, 0.15) is 5.89 Å². The molecule has 4 aromatic rings. The highest BCUT2D eigenvalue weighted by molar-refractivity contribution is 6.30. The van der Waals surface area contributed by atoms with Gasteiger partial charge in [0, 0.05) is 28.6 Å². The van der Waals surface area contributed by atoms with Crippen LogP contribution in [0.15, 0.2) is 70.0 Å². The monoisotopic (exact) mass is 396 g/mol. The van der Waals surface area contributed by atoms with E-state index in [0.29, 0.717) is 34.4 Å². The van der Waals surface area contributed by atoms with Crippen LogP contribution >= 0.6 is 11.6 Å². The van der Waals surface area contributed by atoms with Crippen LogP contribution in [0, 0.1) is 5.82 Å². The van der Waals surface area contributed by atoms with Crippen molar-refractivity contribution in [3.63, 3.8) is 0 Å². The average Bonchev–Trinajstić information content (AvgIpc) is 3.17. The summed E-state index contributed by atoms with van der Waals surface area (Å²) in [6.07, 6.45) is 0.333. The standard InChI is InChI=1S/C20H14ClFN4O2/c21-15-3-1-2-14(12-15)17-8-9-19(27)26(24-17)11-10-18-23-20(25-28-18)13-4-6-16(22)7-5-13/h1-9,12H,10-11H2. The Morgan fingerprint density at radius 3 is 2.64 bits per heavy atom. The summed E-state index contributed by atoms with van der Waals surface area (Å²) in [6, 6.07) is 16.2. The molecule has 6 nitrogen and oxygen atoms in total. The lowest BCUT2D eigenvalue weighted by Crippen LogP contribution is -2.23. The zero-order valence-corrected chi connectivity index (χ0v) is 15.3. The first-order valence-electron chi connectivity index (χ1n) is 8.51. The smallest absolute Gasteiger partial charge is 0.266 e. The van der Waals surface area contributed by atoms with Crippen LogP contribution in [0.3, 0.4) is 0 Å². The van der Waals surface area contributed by atoms with Crippen LogP contribution in [-0.2, 0) is 13.0 Å². The lowest BCUT2D eigenvalue weighted by atomic mass is 10.1. The number of nitrogens with zero attached hydrogens (tertiary/aromatic N) is 4. The molecule has 2 aromatic carbocycles. The number of hydrogen-bond donors (Lipinski definition) is 0. The SMILES string of the molecule is O=c1ccc(-c2cccc(Cl)c2)nn1CCc1nc(-c2ccc(F)cc2)no1. The molecular weight excluding hydrogens is 383 g/mol. The molecule has 0 amide bonds. The number of hydrogen-bond acceptors (Lipinski definition) is 5. The molecule has 2 aromatic heterocycles. The van der Waals surface area contributed by atoms with Crippen LogP contribution in [0.2, 0.25) is 5.02 Å². The van der Waals surface area contributed by atoms with Gasteiger partial charge in [0.2, 0.25) is 11.7 Å². The Bertz CT molecular complexity index is 1170. The van der Waals surface area contributed by atoms with Crippen molar-refractivity contribution >= 4 is 11.6 Å². The molecule has 0 aliphatic rings. The molecule has 4 rings (SSSR count). The van der Waals surface area contributed by atoms with Gasteiger partial charge in [-0.3, -0.25) is 4.79 Å². The third-order valence-corrected chi connectivity index (χ3v) is 4.33. The van der Waals surface area contributed by atoms with Crippen LogP contribution in [0.4, 0.5) is 4.39 Å². The second-order valence-electron chi connectivity index (χ2n) is 6.06. The molecule has 0 N–H and O–H groups in total. The van der Waals surface area contributed by atoms with Crippen molar-refractivity contribution in [3.8, 4) is 22.6 Å². The first-order chi connectivity index (χ1) is 13.6. The summed E-state index contributed by atoms with van der Waals surface area (Å²) in [7, 11) is 0. The number of rotatable bonds is 5. The molecule has 0 bridgehead atoms. The molecule has 0 atom stereocenters. The van der Waals surface area contributed by atoms with Gasteiger partial charge in [-0.1, -0.05) is 28.9 Å². The van der Waals surface area contributed by atoms with Gasteiger partial charge in [-0.2, -0.15) is 10.1 Å². The topological polar surface area (TPSA) is 73.8 Å². The van der Waals surface area contributed by atoms with E-state index in [2.05, 4.69) is 15.2 Å². The van der Waals surface area contributed by atoms with Gasteiger partial charge in [-0.05, 0) is 42.5 Å². The third kappa shape index (κ3) is 3.99. The highest BCUT2D eigenvalue weighted by Crippen LogP contribution is 2.20. The summed E-state index contributed by atoms with van der Waals surface area (Å²) in [5.41, 5.74) is 1.87. The summed E-state index contributed by atoms with van der Waals surface area (Å²) in [4.78, 5) is 16.4. The summed E-state index contributed by atoms with van der Waals surface area (Å²) < 4.78 is 19.6. The van der Waals surface area contributed by atoms with Crippen LogP contribution in [0.5, 0.6) is 0 Å². The molecule has 2 heterocycles. The Kier molecular flexibility index (Phi) is 4.99. The third-order valence-electron chi connectivity index (χ3n) is 4.09. The maximum Gasteiger partial charge on any atom is 0.266 e. The van der Waals surface area contributed by atoms with E-state index in [1.165, 1.54) is 22.9 Å². The first kappa shape index (κ1) is 18.1. The molecule has 140 valence electrons. The minimum Gasteiger partial charge on any atom is -0.339 e. The number of aromatic nitrogens is 4. The highest BCUT2D eigenvalue weighted by atomic mass is 35.5. The minimum atomic E-state index is -0.336. The lowest BCUT2D eigenvalue weighted by Gasteiger charge is -2.06. The van der Waals surface area contributed by atoms with Gasteiger partial charge in [0.25, 0.3) is 5.56 Å². The van der Waals surface area contributed by atoms with E-state index in [0.717, 1.165) is 5.56 Å². The number of benzene rings is 2. The molecular formula is C20H14ClFN4O2. The van der Waals surface area contributed by atoms with Gasteiger partial charge < -0.3 is 4.52 Å². The van der Waals surface area contributed by atoms with Crippen molar-refractivity contribution in [1.82, 2.24) is 19.9 Å². The maximum absolute atomic E-state index is 13.0. The zero-order valence-electron chi connectivity index (χ0n) is 14.5. The predicted molar refractivity (Wildman–Crippen MR) is 102 cm³/mol. The van der Waals surface area contributed by atoms with Crippen molar-refractivity contribution in [2.75, 3.05) is 0 Å². The highest BCUT2D eigenvalue weighted by Gasteiger charge is 2.10. The first-order valence-corrected chi connectivity index (χ1v) is 8.89. The fourth-order valence-electron chi connectivity index (χ4n) is 2.69. The van der Waals surface area contributed by atoms with E-state index >= 15 is 0 Å². The van der Waals surface area contributed by atoms with E-state index in [-0.39, 0.29) is 17.9 Å². The van der Waals surface area contributed by atoms with E-state index in [9.17, 15) is 9.18 Å². The van der Waals surface area contributed by atoms with Gasteiger partial charge >= 0.3 is 0 Å². The molecule has 0 saturated carbocycles. The van der Waals surface area contributed by atoms with Gasteiger partial charge in [-0.25, -0.2) is 9.07 Å². The fourth-order valence-corrected chi connectivity index (χ4v) is 2.88. The van der Waals surface area contributed by atoms with Crippen molar-refractivity contribution in [2.45, 2.75) is 13.0 Å². The Morgan fingerprint density at radius 1 is 1.04 bits per heavy atom.